The van der Waals surface area contributed by atoms with Gasteiger partial charge in [-0.15, -0.1) is 0 Å². The van der Waals surface area contributed by atoms with Gasteiger partial charge in [0, 0.05) is 10.6 Å². The predicted molar refractivity (Wildman–Crippen MR) is 93.8 cm³/mol. The number of halogens is 1. The van der Waals surface area contributed by atoms with E-state index in [4.69, 9.17) is 28.6 Å². The van der Waals surface area contributed by atoms with Crippen molar-refractivity contribution in [1.82, 2.24) is 14.9 Å². The first kappa shape index (κ1) is 15.5. The number of hydrogen-bond donors (Lipinski definition) is 1. The van der Waals surface area contributed by atoms with E-state index in [2.05, 4.69) is 15.3 Å². The second-order valence-corrected chi connectivity index (χ2v) is 5.51. The average molecular weight is 345 g/mol. The second-order valence-electron chi connectivity index (χ2n) is 4.69. The number of ether oxygens (including phenoxy) is 1. The van der Waals surface area contributed by atoms with E-state index in [9.17, 15) is 0 Å². The lowest BCUT2D eigenvalue weighted by Crippen LogP contribution is -1.95. The number of aromatic nitrogens is 3. The molecule has 116 valence electrons. The molecule has 0 spiro atoms. The zero-order valence-corrected chi connectivity index (χ0v) is 13.8. The van der Waals surface area contributed by atoms with Crippen molar-refractivity contribution in [2.24, 2.45) is 5.10 Å². The highest BCUT2D eigenvalue weighted by molar-refractivity contribution is 7.71. The minimum absolute atomic E-state index is 0.418. The van der Waals surface area contributed by atoms with Crippen LogP contribution < -0.4 is 4.74 Å². The summed E-state index contributed by atoms with van der Waals surface area (Å²) in [5.41, 5.74) is 1.80. The molecule has 0 aliphatic carbocycles. The zero-order valence-electron chi connectivity index (χ0n) is 12.2. The minimum atomic E-state index is 0.418. The van der Waals surface area contributed by atoms with Crippen molar-refractivity contribution in [3.63, 3.8) is 0 Å². The molecule has 0 aliphatic rings. The van der Waals surface area contributed by atoms with Crippen LogP contribution in [-0.4, -0.2) is 28.2 Å². The van der Waals surface area contributed by atoms with Crippen molar-refractivity contribution < 1.29 is 4.74 Å². The molecule has 0 radical (unpaired) electrons. The first-order chi connectivity index (χ1) is 11.2. The van der Waals surface area contributed by atoms with Gasteiger partial charge in [0.1, 0.15) is 5.75 Å². The fourth-order valence-corrected chi connectivity index (χ4v) is 2.30. The Morgan fingerprint density at radius 2 is 1.87 bits per heavy atom. The summed E-state index contributed by atoms with van der Waals surface area (Å²) in [5, 5.41) is 12.1. The van der Waals surface area contributed by atoms with Gasteiger partial charge in [0.2, 0.25) is 4.77 Å². The molecule has 0 bridgehead atoms. The molecule has 1 heterocycles. The molecule has 1 aromatic heterocycles. The van der Waals surface area contributed by atoms with Crippen LogP contribution in [0.3, 0.4) is 0 Å². The summed E-state index contributed by atoms with van der Waals surface area (Å²) in [6.45, 7) is 0. The van der Waals surface area contributed by atoms with Crippen LogP contribution in [0.25, 0.3) is 11.4 Å². The number of benzene rings is 2. The van der Waals surface area contributed by atoms with Crippen molar-refractivity contribution in [2.45, 2.75) is 0 Å². The summed E-state index contributed by atoms with van der Waals surface area (Å²) in [6.07, 6.45) is 1.70. The Bertz CT molecular complexity index is 882. The Morgan fingerprint density at radius 1 is 1.17 bits per heavy atom. The molecule has 0 saturated carbocycles. The summed E-state index contributed by atoms with van der Waals surface area (Å²) < 4.78 is 7.15. The molecular formula is C16H13ClN4OS. The van der Waals surface area contributed by atoms with Crippen LogP contribution in [0.15, 0.2) is 53.6 Å². The molecule has 0 unspecified atom stereocenters. The second kappa shape index (κ2) is 6.76. The molecule has 1 N–H and O–H groups in total. The molecule has 0 aliphatic heterocycles. The average Bonchev–Trinajstić information content (AvgIpc) is 2.95. The largest absolute Gasteiger partial charge is 0.497 e. The normalized spacial score (nSPS) is 11.0. The van der Waals surface area contributed by atoms with Crippen LogP contribution in [0.5, 0.6) is 5.75 Å². The summed E-state index contributed by atoms with van der Waals surface area (Å²) in [5.74, 6) is 1.40. The van der Waals surface area contributed by atoms with Gasteiger partial charge in [0.05, 0.1) is 13.3 Å². The third-order valence-corrected chi connectivity index (χ3v) is 3.71. The van der Waals surface area contributed by atoms with Gasteiger partial charge in [0.15, 0.2) is 5.82 Å². The molecular weight excluding hydrogens is 332 g/mol. The molecule has 3 rings (SSSR count). The number of hydrogen-bond acceptors (Lipinski definition) is 4. The Balaban J connectivity index is 1.95. The Labute approximate surface area is 143 Å². The topological polar surface area (TPSA) is 55.2 Å². The van der Waals surface area contributed by atoms with Crippen LogP contribution in [0, 0.1) is 4.77 Å². The molecule has 2 aromatic carbocycles. The fraction of sp³-hybridized carbons (Fsp3) is 0.0625. The first-order valence-corrected chi connectivity index (χ1v) is 7.58. The molecule has 7 heteroatoms. The molecule has 3 aromatic rings. The van der Waals surface area contributed by atoms with Gasteiger partial charge in [-0.1, -0.05) is 23.7 Å². The Kier molecular flexibility index (Phi) is 4.55. The van der Waals surface area contributed by atoms with Crippen LogP contribution in [0.2, 0.25) is 5.02 Å². The van der Waals surface area contributed by atoms with Crippen LogP contribution in [-0.2, 0) is 0 Å². The van der Waals surface area contributed by atoms with Gasteiger partial charge in [-0.2, -0.15) is 14.9 Å². The minimum Gasteiger partial charge on any atom is -0.497 e. The lowest BCUT2D eigenvalue weighted by molar-refractivity contribution is 0.415. The van der Waals surface area contributed by atoms with E-state index in [1.54, 1.807) is 18.0 Å². The van der Waals surface area contributed by atoms with E-state index in [0.29, 0.717) is 15.6 Å². The molecule has 0 amide bonds. The monoisotopic (exact) mass is 344 g/mol. The van der Waals surface area contributed by atoms with E-state index in [1.165, 1.54) is 0 Å². The van der Waals surface area contributed by atoms with Crippen LogP contribution in [0.1, 0.15) is 5.56 Å². The van der Waals surface area contributed by atoms with E-state index >= 15 is 0 Å². The number of rotatable bonds is 4. The SMILES string of the molecule is COc1ccc(-c2n[nH]c(=S)n2N=Cc2ccc(Cl)cc2)cc1. The molecule has 5 nitrogen and oxygen atoms in total. The highest BCUT2D eigenvalue weighted by Gasteiger charge is 2.08. The van der Waals surface area contributed by atoms with E-state index in [1.807, 2.05) is 48.5 Å². The van der Waals surface area contributed by atoms with Crippen LogP contribution >= 0.6 is 23.8 Å². The quantitative estimate of drug-likeness (QED) is 0.571. The highest BCUT2D eigenvalue weighted by atomic mass is 35.5. The lowest BCUT2D eigenvalue weighted by Gasteiger charge is -2.03. The summed E-state index contributed by atoms with van der Waals surface area (Å²) in [4.78, 5) is 0. The lowest BCUT2D eigenvalue weighted by atomic mass is 10.2. The van der Waals surface area contributed by atoms with E-state index in [0.717, 1.165) is 16.9 Å². The van der Waals surface area contributed by atoms with Crippen molar-refractivity contribution >= 4 is 30.0 Å². The van der Waals surface area contributed by atoms with Gasteiger partial charge < -0.3 is 4.74 Å². The number of H-pyrrole nitrogens is 1. The van der Waals surface area contributed by atoms with Gasteiger partial charge in [0.25, 0.3) is 0 Å². The Morgan fingerprint density at radius 3 is 2.52 bits per heavy atom. The molecule has 0 atom stereocenters. The molecule has 0 fully saturated rings. The maximum Gasteiger partial charge on any atom is 0.216 e. The summed E-state index contributed by atoms with van der Waals surface area (Å²) >= 11 is 11.1. The Hall–Kier alpha value is -2.44. The number of methoxy groups -OCH3 is 1. The summed E-state index contributed by atoms with van der Waals surface area (Å²) in [7, 11) is 1.63. The van der Waals surface area contributed by atoms with Crippen LogP contribution in [0.4, 0.5) is 0 Å². The predicted octanol–water partition coefficient (Wildman–Crippen LogP) is 4.15. The van der Waals surface area contributed by atoms with Gasteiger partial charge in [-0.3, -0.25) is 0 Å². The maximum atomic E-state index is 5.87. The first-order valence-electron chi connectivity index (χ1n) is 6.79. The third-order valence-electron chi connectivity index (χ3n) is 3.19. The summed E-state index contributed by atoms with van der Waals surface area (Å²) in [6, 6.07) is 14.9. The molecule has 0 saturated heterocycles. The smallest absolute Gasteiger partial charge is 0.216 e. The maximum absolute atomic E-state index is 5.87. The van der Waals surface area contributed by atoms with Crippen molar-refractivity contribution in [3.05, 3.63) is 63.9 Å². The molecule has 23 heavy (non-hydrogen) atoms. The van der Waals surface area contributed by atoms with Crippen molar-refractivity contribution in [2.75, 3.05) is 7.11 Å². The number of aromatic amines is 1. The van der Waals surface area contributed by atoms with E-state index in [-0.39, 0.29) is 0 Å². The van der Waals surface area contributed by atoms with Gasteiger partial charge in [-0.25, -0.2) is 5.10 Å². The van der Waals surface area contributed by atoms with Gasteiger partial charge >= 0.3 is 0 Å². The number of nitrogens with one attached hydrogen (secondary N) is 1. The zero-order chi connectivity index (χ0) is 16.2. The van der Waals surface area contributed by atoms with Crippen molar-refractivity contribution in [3.8, 4) is 17.1 Å². The fourth-order valence-electron chi connectivity index (χ4n) is 2.00. The van der Waals surface area contributed by atoms with Crippen molar-refractivity contribution in [1.29, 1.82) is 0 Å². The highest BCUT2D eigenvalue weighted by Crippen LogP contribution is 2.20. The third kappa shape index (κ3) is 3.49. The van der Waals surface area contributed by atoms with E-state index < -0.39 is 0 Å². The number of nitrogens with zero attached hydrogens (tertiary/aromatic N) is 3. The standard InChI is InChI=1S/C16H13ClN4OS/c1-22-14-8-4-12(5-9-14)15-19-20-16(23)21(15)18-10-11-2-6-13(17)7-3-11/h2-10H,1H3,(H,20,23). The van der Waals surface area contributed by atoms with Gasteiger partial charge in [-0.05, 0) is 54.2 Å².